The molecule has 0 heterocycles. The average molecular weight is 258 g/mol. The van der Waals surface area contributed by atoms with E-state index in [-0.39, 0.29) is 11.3 Å². The Bertz CT molecular complexity index is 588. The minimum Gasteiger partial charge on any atom is -0.497 e. The van der Waals surface area contributed by atoms with Crippen LogP contribution in [0.5, 0.6) is 5.75 Å². The first-order valence-corrected chi connectivity index (χ1v) is 6.13. The topological polar surface area (TPSA) is 26.3 Å². The normalized spacial score (nSPS) is 10.3. The van der Waals surface area contributed by atoms with E-state index in [1.807, 2.05) is 19.1 Å². The molecule has 0 bridgehead atoms. The number of ether oxygens (including phenoxy) is 1. The van der Waals surface area contributed by atoms with Gasteiger partial charge in [0.25, 0.3) is 0 Å². The lowest BCUT2D eigenvalue weighted by molar-refractivity contribution is 0.103. The summed E-state index contributed by atoms with van der Waals surface area (Å²) in [5, 5.41) is 0. The van der Waals surface area contributed by atoms with Crippen LogP contribution in [-0.4, -0.2) is 12.9 Å². The summed E-state index contributed by atoms with van der Waals surface area (Å²) in [6, 6.07) is 11.5. The molecule has 0 unspecified atom stereocenters. The standard InChI is InChI=1S/C16H15FO2/c1-3-11-4-6-12(7-5-11)16(18)14-9-8-13(19-2)10-15(14)17/h4-10H,3H2,1-2H3. The number of benzene rings is 2. The summed E-state index contributed by atoms with van der Waals surface area (Å²) < 4.78 is 18.7. The number of carbonyl (C=O) groups excluding carboxylic acids is 1. The van der Waals surface area contributed by atoms with Crippen molar-refractivity contribution in [3.05, 3.63) is 65.0 Å². The number of aryl methyl sites for hydroxylation is 1. The molecular formula is C16H15FO2. The van der Waals surface area contributed by atoms with Crippen molar-refractivity contribution in [2.24, 2.45) is 0 Å². The number of rotatable bonds is 4. The van der Waals surface area contributed by atoms with Gasteiger partial charge in [-0.15, -0.1) is 0 Å². The molecule has 0 atom stereocenters. The van der Waals surface area contributed by atoms with Gasteiger partial charge < -0.3 is 4.74 Å². The Morgan fingerprint density at radius 1 is 1.16 bits per heavy atom. The fraction of sp³-hybridized carbons (Fsp3) is 0.188. The molecule has 0 N–H and O–H groups in total. The third-order valence-electron chi connectivity index (χ3n) is 3.05. The van der Waals surface area contributed by atoms with Crippen LogP contribution < -0.4 is 4.74 Å². The molecule has 98 valence electrons. The summed E-state index contributed by atoms with van der Waals surface area (Å²) in [4.78, 5) is 12.2. The zero-order valence-corrected chi connectivity index (χ0v) is 10.9. The van der Waals surface area contributed by atoms with Crippen LogP contribution in [0, 0.1) is 5.82 Å². The van der Waals surface area contributed by atoms with Gasteiger partial charge in [0.2, 0.25) is 0 Å². The summed E-state index contributed by atoms with van der Waals surface area (Å²) in [5.74, 6) is -0.484. The van der Waals surface area contributed by atoms with Gasteiger partial charge >= 0.3 is 0 Å². The molecule has 0 saturated carbocycles. The highest BCUT2D eigenvalue weighted by Crippen LogP contribution is 2.19. The van der Waals surface area contributed by atoms with Crippen molar-refractivity contribution in [1.82, 2.24) is 0 Å². The highest BCUT2D eigenvalue weighted by molar-refractivity contribution is 6.09. The summed E-state index contributed by atoms with van der Waals surface area (Å²) in [6.45, 7) is 2.04. The number of methoxy groups -OCH3 is 1. The van der Waals surface area contributed by atoms with Crippen molar-refractivity contribution in [2.75, 3.05) is 7.11 Å². The molecule has 0 aromatic heterocycles. The minimum atomic E-state index is -0.566. The van der Waals surface area contributed by atoms with Crippen LogP contribution in [0.15, 0.2) is 42.5 Å². The predicted molar refractivity (Wildman–Crippen MR) is 72.2 cm³/mol. The highest BCUT2D eigenvalue weighted by Gasteiger charge is 2.14. The van der Waals surface area contributed by atoms with Gasteiger partial charge in [0.1, 0.15) is 11.6 Å². The molecule has 2 aromatic carbocycles. The number of ketones is 1. The third kappa shape index (κ3) is 2.81. The SMILES string of the molecule is CCc1ccc(C(=O)c2ccc(OC)cc2F)cc1. The molecule has 0 aliphatic carbocycles. The van der Waals surface area contributed by atoms with Gasteiger partial charge in [-0.2, -0.15) is 0 Å². The Balaban J connectivity index is 2.32. The number of hydrogen-bond donors (Lipinski definition) is 0. The number of halogens is 1. The maximum absolute atomic E-state index is 13.8. The van der Waals surface area contributed by atoms with Crippen LogP contribution in [0.4, 0.5) is 4.39 Å². The second-order valence-electron chi connectivity index (χ2n) is 4.23. The first-order chi connectivity index (χ1) is 9.15. The Morgan fingerprint density at radius 2 is 1.84 bits per heavy atom. The van der Waals surface area contributed by atoms with E-state index in [2.05, 4.69) is 0 Å². The molecule has 3 heteroatoms. The van der Waals surface area contributed by atoms with Crippen molar-refractivity contribution >= 4 is 5.78 Å². The molecular weight excluding hydrogens is 243 g/mol. The Kier molecular flexibility index (Phi) is 3.95. The van der Waals surface area contributed by atoms with E-state index in [1.165, 1.54) is 19.2 Å². The van der Waals surface area contributed by atoms with Crippen molar-refractivity contribution in [2.45, 2.75) is 13.3 Å². The monoisotopic (exact) mass is 258 g/mol. The Morgan fingerprint density at radius 3 is 2.37 bits per heavy atom. The molecule has 0 aliphatic heterocycles. The van der Waals surface area contributed by atoms with Crippen LogP contribution >= 0.6 is 0 Å². The first kappa shape index (κ1) is 13.3. The van der Waals surface area contributed by atoms with Crippen LogP contribution in [0.25, 0.3) is 0 Å². The average Bonchev–Trinajstić information content (AvgIpc) is 2.46. The molecule has 0 amide bonds. The zero-order chi connectivity index (χ0) is 13.8. The van der Waals surface area contributed by atoms with E-state index in [9.17, 15) is 9.18 Å². The fourth-order valence-corrected chi connectivity index (χ4v) is 1.85. The molecule has 0 fully saturated rings. The van der Waals surface area contributed by atoms with E-state index in [1.54, 1.807) is 18.2 Å². The smallest absolute Gasteiger partial charge is 0.195 e. The van der Waals surface area contributed by atoms with Gasteiger partial charge in [-0.3, -0.25) is 4.79 Å². The molecule has 2 nitrogen and oxygen atoms in total. The summed E-state index contributed by atoms with van der Waals surface area (Å²) >= 11 is 0. The van der Waals surface area contributed by atoms with Crippen molar-refractivity contribution in [3.8, 4) is 5.75 Å². The minimum absolute atomic E-state index is 0.0602. The lowest BCUT2D eigenvalue weighted by Gasteiger charge is -2.06. The fourth-order valence-electron chi connectivity index (χ4n) is 1.85. The molecule has 0 spiro atoms. The second kappa shape index (κ2) is 5.65. The summed E-state index contributed by atoms with van der Waals surface area (Å²) in [7, 11) is 1.46. The largest absolute Gasteiger partial charge is 0.497 e. The van der Waals surface area contributed by atoms with Crippen LogP contribution in [-0.2, 0) is 6.42 Å². The van der Waals surface area contributed by atoms with Crippen molar-refractivity contribution < 1.29 is 13.9 Å². The quantitative estimate of drug-likeness (QED) is 0.783. The highest BCUT2D eigenvalue weighted by atomic mass is 19.1. The zero-order valence-electron chi connectivity index (χ0n) is 10.9. The number of carbonyl (C=O) groups is 1. The van der Waals surface area contributed by atoms with Gasteiger partial charge in [-0.25, -0.2) is 4.39 Å². The van der Waals surface area contributed by atoms with Crippen LogP contribution in [0.3, 0.4) is 0 Å². The van der Waals surface area contributed by atoms with Crippen molar-refractivity contribution in [1.29, 1.82) is 0 Å². The van der Waals surface area contributed by atoms with Gasteiger partial charge in [0.15, 0.2) is 5.78 Å². The van der Waals surface area contributed by atoms with E-state index in [0.717, 1.165) is 12.0 Å². The maximum atomic E-state index is 13.8. The number of hydrogen-bond acceptors (Lipinski definition) is 2. The lowest BCUT2D eigenvalue weighted by Crippen LogP contribution is -2.04. The van der Waals surface area contributed by atoms with E-state index < -0.39 is 5.82 Å². The van der Waals surface area contributed by atoms with Crippen molar-refractivity contribution in [3.63, 3.8) is 0 Å². The molecule has 19 heavy (non-hydrogen) atoms. The maximum Gasteiger partial charge on any atom is 0.195 e. The van der Waals surface area contributed by atoms with E-state index in [0.29, 0.717) is 11.3 Å². The molecule has 2 rings (SSSR count). The molecule has 0 aliphatic rings. The van der Waals surface area contributed by atoms with Crippen LogP contribution in [0.1, 0.15) is 28.4 Å². The predicted octanol–water partition coefficient (Wildman–Crippen LogP) is 3.63. The van der Waals surface area contributed by atoms with Crippen LogP contribution in [0.2, 0.25) is 0 Å². The summed E-state index contributed by atoms with van der Waals surface area (Å²) in [6.07, 6.45) is 0.908. The molecule has 2 aromatic rings. The van der Waals surface area contributed by atoms with E-state index in [4.69, 9.17) is 4.74 Å². The molecule has 0 radical (unpaired) electrons. The van der Waals surface area contributed by atoms with Gasteiger partial charge in [0, 0.05) is 11.6 Å². The van der Waals surface area contributed by atoms with E-state index >= 15 is 0 Å². The lowest BCUT2D eigenvalue weighted by atomic mass is 10.0. The first-order valence-electron chi connectivity index (χ1n) is 6.13. The Labute approximate surface area is 111 Å². The van der Waals surface area contributed by atoms with Gasteiger partial charge in [-0.05, 0) is 24.1 Å². The Hall–Kier alpha value is -2.16. The molecule has 0 saturated heterocycles. The third-order valence-corrected chi connectivity index (χ3v) is 3.05. The summed E-state index contributed by atoms with van der Waals surface area (Å²) in [5.41, 5.74) is 1.69. The van der Waals surface area contributed by atoms with Gasteiger partial charge in [0.05, 0.1) is 12.7 Å². The second-order valence-corrected chi connectivity index (χ2v) is 4.23. The van der Waals surface area contributed by atoms with Gasteiger partial charge in [-0.1, -0.05) is 31.2 Å².